The molecule has 1 nitrogen and oxygen atoms in total. The van der Waals surface area contributed by atoms with Crippen LogP contribution in [0.5, 0.6) is 0 Å². The highest BCUT2D eigenvalue weighted by atomic mass is 16.3. The minimum absolute atomic E-state index is 0.261. The molecule has 0 bridgehead atoms. The lowest BCUT2D eigenvalue weighted by Gasteiger charge is -2.32. The molecule has 1 rings (SSSR count). The van der Waals surface area contributed by atoms with Gasteiger partial charge in [-0.05, 0) is 56.4 Å². The van der Waals surface area contributed by atoms with E-state index in [4.69, 9.17) is 5.11 Å². The molecule has 0 saturated heterocycles. The lowest BCUT2D eigenvalue weighted by atomic mass is 9.72. The largest absolute Gasteiger partial charge is 0.396 e. The van der Waals surface area contributed by atoms with E-state index in [1.54, 1.807) is 5.57 Å². The van der Waals surface area contributed by atoms with Crippen LogP contribution in [0.15, 0.2) is 47.1 Å². The molecule has 0 aliphatic heterocycles. The van der Waals surface area contributed by atoms with Gasteiger partial charge in [-0.25, -0.2) is 0 Å². The van der Waals surface area contributed by atoms with Gasteiger partial charge in [-0.1, -0.05) is 62.3 Å². The van der Waals surface area contributed by atoms with E-state index in [1.165, 1.54) is 30.4 Å². The molecule has 0 saturated carbocycles. The topological polar surface area (TPSA) is 20.2 Å². The minimum atomic E-state index is 0.261. The van der Waals surface area contributed by atoms with Gasteiger partial charge in [0.25, 0.3) is 0 Å². The molecule has 0 fully saturated rings. The van der Waals surface area contributed by atoms with Crippen LogP contribution in [-0.4, -0.2) is 11.7 Å². The first-order valence-corrected chi connectivity index (χ1v) is 8.21. The number of rotatable bonds is 6. The summed E-state index contributed by atoms with van der Waals surface area (Å²) in [7, 11) is 0. The summed E-state index contributed by atoms with van der Waals surface area (Å²) in [4.78, 5) is 0. The van der Waals surface area contributed by atoms with E-state index < -0.39 is 0 Å². The summed E-state index contributed by atoms with van der Waals surface area (Å²) < 4.78 is 0. The second-order valence-electron chi connectivity index (χ2n) is 7.05. The van der Waals surface area contributed by atoms with E-state index in [2.05, 4.69) is 65.0 Å². The Labute approximate surface area is 131 Å². The lowest BCUT2D eigenvalue weighted by molar-refractivity contribution is 0.274. The molecule has 118 valence electrons. The fourth-order valence-corrected chi connectivity index (χ4v) is 2.98. The Balaban J connectivity index is 2.71. The van der Waals surface area contributed by atoms with Crippen LogP contribution < -0.4 is 0 Å². The van der Waals surface area contributed by atoms with Crippen molar-refractivity contribution in [1.82, 2.24) is 0 Å². The summed E-state index contributed by atoms with van der Waals surface area (Å²) in [6.45, 7) is 11.5. The molecule has 0 unspecified atom stereocenters. The van der Waals surface area contributed by atoms with Crippen molar-refractivity contribution in [3.8, 4) is 0 Å². The van der Waals surface area contributed by atoms with Gasteiger partial charge >= 0.3 is 0 Å². The fourth-order valence-electron chi connectivity index (χ4n) is 2.98. The average molecular weight is 288 g/mol. The number of aliphatic hydroxyl groups is 1. The number of hydrogen-bond acceptors (Lipinski definition) is 1. The molecule has 0 aromatic carbocycles. The molecule has 1 atom stereocenters. The zero-order valence-corrected chi connectivity index (χ0v) is 14.4. The third-order valence-corrected chi connectivity index (χ3v) is 4.44. The quantitative estimate of drug-likeness (QED) is 0.632. The fraction of sp³-hybridized carbons (Fsp3) is 0.600. The monoisotopic (exact) mass is 288 g/mol. The van der Waals surface area contributed by atoms with Gasteiger partial charge < -0.3 is 5.11 Å². The summed E-state index contributed by atoms with van der Waals surface area (Å²) in [5.74, 6) is 0.435. The van der Waals surface area contributed by atoms with Gasteiger partial charge in [0.1, 0.15) is 0 Å². The Morgan fingerprint density at radius 2 is 2.10 bits per heavy atom. The first-order valence-electron chi connectivity index (χ1n) is 8.21. The Morgan fingerprint density at radius 3 is 2.71 bits per heavy atom. The second kappa shape index (κ2) is 8.38. The molecular weight excluding hydrogens is 256 g/mol. The van der Waals surface area contributed by atoms with E-state index in [9.17, 15) is 0 Å². The maximum absolute atomic E-state index is 8.88. The standard InChI is InChI=1S/C20H32O/c1-16(8-6-9-17(2)13-15-21)11-12-19-18(3)10-7-14-20(19,4)5/h6,8-9,11-12,17,21H,7,10,13-15H2,1-5H3/b9-6+,12-11+,16-8+/t17-/m0/s1. The molecule has 0 heterocycles. The van der Waals surface area contributed by atoms with Gasteiger partial charge in [0, 0.05) is 6.61 Å². The van der Waals surface area contributed by atoms with Crippen LogP contribution in [0.3, 0.4) is 0 Å². The molecular formula is C20H32O. The van der Waals surface area contributed by atoms with Crippen molar-refractivity contribution in [1.29, 1.82) is 0 Å². The zero-order valence-electron chi connectivity index (χ0n) is 14.4. The van der Waals surface area contributed by atoms with Crippen molar-refractivity contribution >= 4 is 0 Å². The van der Waals surface area contributed by atoms with E-state index in [0.717, 1.165) is 6.42 Å². The van der Waals surface area contributed by atoms with Gasteiger partial charge in [-0.3, -0.25) is 0 Å². The van der Waals surface area contributed by atoms with Crippen LogP contribution in [0.1, 0.15) is 60.3 Å². The minimum Gasteiger partial charge on any atom is -0.396 e. The predicted octanol–water partition coefficient (Wildman–Crippen LogP) is 5.59. The highest BCUT2D eigenvalue weighted by Crippen LogP contribution is 2.40. The van der Waals surface area contributed by atoms with E-state index in [-0.39, 0.29) is 6.61 Å². The Kier molecular flexibility index (Phi) is 7.17. The van der Waals surface area contributed by atoms with Gasteiger partial charge in [-0.15, -0.1) is 0 Å². The summed E-state index contributed by atoms with van der Waals surface area (Å²) in [6.07, 6.45) is 15.6. The smallest absolute Gasteiger partial charge is 0.0436 e. The van der Waals surface area contributed by atoms with Crippen molar-refractivity contribution in [2.45, 2.75) is 60.3 Å². The van der Waals surface area contributed by atoms with E-state index in [0.29, 0.717) is 11.3 Å². The zero-order chi connectivity index (χ0) is 15.9. The van der Waals surface area contributed by atoms with Crippen LogP contribution in [0.25, 0.3) is 0 Å². The van der Waals surface area contributed by atoms with Crippen molar-refractivity contribution in [3.63, 3.8) is 0 Å². The molecule has 0 radical (unpaired) electrons. The summed E-state index contributed by atoms with van der Waals surface area (Å²) >= 11 is 0. The molecule has 1 N–H and O–H groups in total. The van der Waals surface area contributed by atoms with Crippen LogP contribution in [0, 0.1) is 11.3 Å². The number of allylic oxidation sites excluding steroid dienone is 8. The Bertz CT molecular complexity index is 446. The molecule has 1 aliphatic carbocycles. The Morgan fingerprint density at radius 1 is 1.38 bits per heavy atom. The van der Waals surface area contributed by atoms with E-state index >= 15 is 0 Å². The highest BCUT2D eigenvalue weighted by Gasteiger charge is 2.26. The van der Waals surface area contributed by atoms with Crippen LogP contribution in [0.4, 0.5) is 0 Å². The van der Waals surface area contributed by atoms with Crippen molar-refractivity contribution in [2.24, 2.45) is 11.3 Å². The average Bonchev–Trinajstić information content (AvgIpc) is 2.37. The molecule has 1 heteroatoms. The Hall–Kier alpha value is -1.08. The number of hydrogen-bond donors (Lipinski definition) is 1. The molecule has 21 heavy (non-hydrogen) atoms. The predicted molar refractivity (Wildman–Crippen MR) is 93.2 cm³/mol. The van der Waals surface area contributed by atoms with Gasteiger partial charge in [0.15, 0.2) is 0 Å². The van der Waals surface area contributed by atoms with Crippen molar-refractivity contribution in [2.75, 3.05) is 6.61 Å². The van der Waals surface area contributed by atoms with Crippen LogP contribution in [-0.2, 0) is 0 Å². The van der Waals surface area contributed by atoms with Crippen LogP contribution >= 0.6 is 0 Å². The maximum Gasteiger partial charge on any atom is 0.0436 e. The molecule has 1 aliphatic rings. The molecule has 0 aromatic rings. The third-order valence-electron chi connectivity index (χ3n) is 4.44. The molecule has 0 aromatic heterocycles. The lowest BCUT2D eigenvalue weighted by Crippen LogP contribution is -2.19. The van der Waals surface area contributed by atoms with Crippen molar-refractivity contribution < 1.29 is 5.11 Å². The highest BCUT2D eigenvalue weighted by molar-refractivity contribution is 5.36. The summed E-state index contributed by atoms with van der Waals surface area (Å²) in [5, 5.41) is 8.88. The first-order chi connectivity index (χ1) is 9.86. The second-order valence-corrected chi connectivity index (χ2v) is 7.05. The maximum atomic E-state index is 8.88. The summed E-state index contributed by atoms with van der Waals surface area (Å²) in [6, 6.07) is 0. The van der Waals surface area contributed by atoms with Gasteiger partial charge in [-0.2, -0.15) is 0 Å². The first kappa shape index (κ1) is 18.0. The summed E-state index contributed by atoms with van der Waals surface area (Å²) in [5.41, 5.74) is 4.63. The molecule has 0 amide bonds. The normalized spacial score (nSPS) is 21.5. The van der Waals surface area contributed by atoms with Crippen molar-refractivity contribution in [3.05, 3.63) is 47.1 Å². The molecule has 0 spiro atoms. The van der Waals surface area contributed by atoms with Gasteiger partial charge in [0.2, 0.25) is 0 Å². The third kappa shape index (κ3) is 6.05. The SMILES string of the molecule is CC1=C(/C=C/C(C)=C/C=C/[C@H](C)CCO)C(C)(C)CCC1. The number of aliphatic hydroxyl groups excluding tert-OH is 1. The van der Waals surface area contributed by atoms with Crippen LogP contribution in [0.2, 0.25) is 0 Å². The van der Waals surface area contributed by atoms with E-state index in [1.807, 2.05) is 0 Å². The van der Waals surface area contributed by atoms with Gasteiger partial charge in [0.05, 0.1) is 0 Å².